The molecule has 0 aliphatic rings. The topological polar surface area (TPSA) is 105 Å². The van der Waals surface area contributed by atoms with E-state index in [4.69, 9.17) is 4.52 Å². The van der Waals surface area contributed by atoms with Crippen LogP contribution in [0, 0.1) is 6.92 Å². The molecule has 0 fully saturated rings. The molecule has 0 aliphatic heterocycles. The second-order valence-electron chi connectivity index (χ2n) is 4.63. The second-order valence-corrected chi connectivity index (χ2v) is 6.63. The Morgan fingerprint density at radius 2 is 2.14 bits per heavy atom. The number of rotatable bonds is 5. The van der Waals surface area contributed by atoms with E-state index in [-0.39, 0.29) is 17.4 Å². The van der Waals surface area contributed by atoms with E-state index in [9.17, 15) is 13.2 Å². The van der Waals surface area contributed by atoms with Crippen LogP contribution in [0.5, 0.6) is 0 Å². The number of sulfonamides is 1. The highest BCUT2D eigenvalue weighted by Gasteiger charge is 2.22. The first-order chi connectivity index (χ1) is 10.3. The maximum atomic E-state index is 12.4. The maximum Gasteiger partial charge on any atom is 0.269 e. The first-order valence-electron chi connectivity index (χ1n) is 6.40. The maximum absolute atomic E-state index is 12.4. The van der Waals surface area contributed by atoms with Crippen molar-refractivity contribution in [1.82, 2.24) is 15.5 Å². The van der Waals surface area contributed by atoms with E-state index in [1.54, 1.807) is 13.0 Å². The normalized spacial score (nSPS) is 11.2. The number of anilines is 1. The predicted molar refractivity (Wildman–Crippen MR) is 79.9 cm³/mol. The number of pyridine rings is 1. The van der Waals surface area contributed by atoms with Crippen LogP contribution in [0.2, 0.25) is 0 Å². The van der Waals surface area contributed by atoms with Gasteiger partial charge in [0.15, 0.2) is 0 Å². The van der Waals surface area contributed by atoms with Crippen molar-refractivity contribution in [1.29, 1.82) is 0 Å². The zero-order valence-corrected chi connectivity index (χ0v) is 13.2. The van der Waals surface area contributed by atoms with Crippen molar-refractivity contribution in [3.8, 4) is 0 Å². The molecule has 1 amide bonds. The molecule has 9 heteroatoms. The third-order valence-electron chi connectivity index (χ3n) is 2.99. The summed E-state index contributed by atoms with van der Waals surface area (Å²) in [7, 11) is -0.767. The lowest BCUT2D eigenvalue weighted by Gasteiger charge is -2.19. The summed E-state index contributed by atoms with van der Waals surface area (Å²) in [5.74, 6) is -0.142. The van der Waals surface area contributed by atoms with Crippen molar-refractivity contribution >= 4 is 21.6 Å². The number of aryl methyl sites for hydroxylation is 1. The minimum Gasteiger partial charge on any atom is -0.361 e. The zero-order chi connectivity index (χ0) is 16.3. The molecule has 2 rings (SSSR count). The van der Waals surface area contributed by atoms with E-state index < -0.39 is 10.0 Å². The fourth-order valence-electron chi connectivity index (χ4n) is 1.80. The molecular formula is C13H16N4O4S. The Morgan fingerprint density at radius 1 is 1.41 bits per heavy atom. The van der Waals surface area contributed by atoms with Gasteiger partial charge in [0.05, 0.1) is 5.69 Å². The average molecular weight is 324 g/mol. The van der Waals surface area contributed by atoms with Gasteiger partial charge in [0.2, 0.25) is 10.0 Å². The molecule has 0 spiro atoms. The first-order valence-corrected chi connectivity index (χ1v) is 8.01. The molecule has 0 aromatic carbocycles. The molecule has 2 aromatic heterocycles. The standard InChI is InChI=1S/C13H16N4O4S/c1-9-6-10(16-21-9)8-22(19,20)17(3)11-4-5-15-12(7-11)13(18)14-2/h4-7H,8H2,1-3H3,(H,14,18). The van der Waals surface area contributed by atoms with Gasteiger partial charge in [-0.15, -0.1) is 0 Å². The molecule has 0 aliphatic carbocycles. The highest BCUT2D eigenvalue weighted by Crippen LogP contribution is 2.19. The third kappa shape index (κ3) is 3.42. The number of carbonyl (C=O) groups is 1. The fraction of sp³-hybridized carbons (Fsp3) is 0.308. The summed E-state index contributed by atoms with van der Waals surface area (Å²) in [5, 5.41) is 6.12. The van der Waals surface area contributed by atoms with Gasteiger partial charge in [0, 0.05) is 26.4 Å². The average Bonchev–Trinajstić information content (AvgIpc) is 2.90. The minimum atomic E-state index is -3.65. The molecule has 0 unspecified atom stereocenters. The molecule has 0 saturated carbocycles. The summed E-state index contributed by atoms with van der Waals surface area (Å²) in [6, 6.07) is 4.48. The Morgan fingerprint density at radius 3 is 2.73 bits per heavy atom. The number of carbonyl (C=O) groups excluding carboxylic acids is 1. The smallest absolute Gasteiger partial charge is 0.269 e. The lowest BCUT2D eigenvalue weighted by Crippen LogP contribution is -2.28. The summed E-state index contributed by atoms with van der Waals surface area (Å²) in [4.78, 5) is 15.5. The minimum absolute atomic E-state index is 0.138. The Hall–Kier alpha value is -2.42. The van der Waals surface area contributed by atoms with Gasteiger partial charge in [-0.25, -0.2) is 8.42 Å². The van der Waals surface area contributed by atoms with Gasteiger partial charge in [-0.05, 0) is 19.1 Å². The van der Waals surface area contributed by atoms with Gasteiger partial charge >= 0.3 is 0 Å². The van der Waals surface area contributed by atoms with Crippen molar-refractivity contribution in [3.05, 3.63) is 41.5 Å². The van der Waals surface area contributed by atoms with Crippen molar-refractivity contribution < 1.29 is 17.7 Å². The Balaban J connectivity index is 2.26. The van der Waals surface area contributed by atoms with Crippen molar-refractivity contribution in [2.24, 2.45) is 0 Å². The molecular weight excluding hydrogens is 308 g/mol. The van der Waals surface area contributed by atoms with Crippen LogP contribution in [0.1, 0.15) is 21.9 Å². The fourth-order valence-corrected chi connectivity index (χ4v) is 2.94. The quantitative estimate of drug-likeness (QED) is 0.868. The number of nitrogens with zero attached hydrogens (tertiary/aromatic N) is 3. The number of nitrogens with one attached hydrogen (secondary N) is 1. The van der Waals surface area contributed by atoms with Gasteiger partial charge in [0.25, 0.3) is 5.91 Å². The molecule has 0 atom stereocenters. The molecule has 118 valence electrons. The lowest BCUT2D eigenvalue weighted by molar-refractivity contribution is 0.0958. The van der Waals surface area contributed by atoms with Crippen LogP contribution in [-0.2, 0) is 15.8 Å². The predicted octanol–water partition coefficient (Wildman–Crippen LogP) is 0.704. The molecule has 22 heavy (non-hydrogen) atoms. The second kappa shape index (κ2) is 6.14. The monoisotopic (exact) mass is 324 g/mol. The van der Waals surface area contributed by atoms with E-state index >= 15 is 0 Å². The highest BCUT2D eigenvalue weighted by atomic mass is 32.2. The molecule has 0 radical (unpaired) electrons. The van der Waals surface area contributed by atoms with Gasteiger partial charge in [0.1, 0.15) is 22.9 Å². The Bertz CT molecular complexity index is 785. The van der Waals surface area contributed by atoms with Crippen LogP contribution in [0.25, 0.3) is 0 Å². The first kappa shape index (κ1) is 16.0. The molecule has 2 heterocycles. The Labute approximate surface area is 128 Å². The number of hydrogen-bond donors (Lipinski definition) is 1. The van der Waals surface area contributed by atoms with Crippen LogP contribution < -0.4 is 9.62 Å². The van der Waals surface area contributed by atoms with Crippen LogP contribution in [0.15, 0.2) is 28.9 Å². The Kier molecular flexibility index (Phi) is 4.45. The molecule has 1 N–H and O–H groups in total. The largest absolute Gasteiger partial charge is 0.361 e. The summed E-state index contributed by atoms with van der Waals surface area (Å²) >= 11 is 0. The zero-order valence-electron chi connectivity index (χ0n) is 12.4. The molecule has 8 nitrogen and oxygen atoms in total. The van der Waals surface area contributed by atoms with E-state index in [1.807, 2.05) is 0 Å². The molecule has 0 bridgehead atoms. The van der Waals surface area contributed by atoms with Crippen LogP contribution in [0.3, 0.4) is 0 Å². The van der Waals surface area contributed by atoms with E-state index in [2.05, 4.69) is 15.5 Å². The number of aromatic nitrogens is 2. The van der Waals surface area contributed by atoms with E-state index in [0.717, 1.165) is 4.31 Å². The summed E-state index contributed by atoms with van der Waals surface area (Å²) in [6.07, 6.45) is 1.38. The van der Waals surface area contributed by atoms with Crippen LogP contribution in [-0.4, -0.2) is 38.6 Å². The van der Waals surface area contributed by atoms with Gasteiger partial charge in [-0.1, -0.05) is 5.16 Å². The van der Waals surface area contributed by atoms with Crippen LogP contribution >= 0.6 is 0 Å². The van der Waals surface area contributed by atoms with Crippen molar-refractivity contribution in [3.63, 3.8) is 0 Å². The van der Waals surface area contributed by atoms with Gasteiger partial charge < -0.3 is 9.84 Å². The van der Waals surface area contributed by atoms with E-state index in [1.165, 1.54) is 32.4 Å². The lowest BCUT2D eigenvalue weighted by atomic mass is 10.3. The summed E-state index contributed by atoms with van der Waals surface area (Å²) in [5.41, 5.74) is 0.804. The van der Waals surface area contributed by atoms with Crippen molar-refractivity contribution in [2.45, 2.75) is 12.7 Å². The van der Waals surface area contributed by atoms with E-state index in [0.29, 0.717) is 17.1 Å². The highest BCUT2D eigenvalue weighted by molar-refractivity contribution is 7.92. The summed E-state index contributed by atoms with van der Waals surface area (Å²) < 4.78 is 30.7. The van der Waals surface area contributed by atoms with Crippen LogP contribution in [0.4, 0.5) is 5.69 Å². The third-order valence-corrected chi connectivity index (χ3v) is 4.70. The van der Waals surface area contributed by atoms with Crippen molar-refractivity contribution in [2.75, 3.05) is 18.4 Å². The summed E-state index contributed by atoms with van der Waals surface area (Å²) in [6.45, 7) is 1.69. The molecule has 0 saturated heterocycles. The van der Waals surface area contributed by atoms with Gasteiger partial charge in [-0.2, -0.15) is 0 Å². The SMILES string of the molecule is CNC(=O)c1cc(N(C)S(=O)(=O)Cc2cc(C)on2)ccn1. The van der Waals surface area contributed by atoms with Gasteiger partial charge in [-0.3, -0.25) is 14.1 Å². The number of hydrogen-bond acceptors (Lipinski definition) is 6. The molecule has 2 aromatic rings. The number of amides is 1.